The van der Waals surface area contributed by atoms with Crippen molar-refractivity contribution < 1.29 is 31.1 Å². The third-order valence-corrected chi connectivity index (χ3v) is 9.15. The van der Waals surface area contributed by atoms with Crippen LogP contribution in [-0.4, -0.2) is 44.2 Å². The maximum absolute atomic E-state index is 14.8. The second-order valence-corrected chi connectivity index (χ2v) is 11.3. The molecule has 1 saturated heterocycles. The Hall–Kier alpha value is -1.81. The Balaban J connectivity index is 1.37. The standard InChI is InChI=1S/C22H27F3N2O4S/c23-18-11-19(31-13-21-7-2-1-4-15(21)12-22(21,24)25)16(14-5-6-14)10-17(18)20(28)26-32(29,30)27-8-3-9-27/h10-11,14-15H,1-9,12-13H2,(H,26,28). The minimum atomic E-state index is -4.01. The van der Waals surface area contributed by atoms with Gasteiger partial charge in [-0.2, -0.15) is 12.7 Å². The van der Waals surface area contributed by atoms with Crippen molar-refractivity contribution in [1.29, 1.82) is 0 Å². The molecule has 4 fully saturated rings. The summed E-state index contributed by atoms with van der Waals surface area (Å²) in [5.74, 6) is -4.63. The van der Waals surface area contributed by atoms with E-state index in [2.05, 4.69) is 0 Å². The summed E-state index contributed by atoms with van der Waals surface area (Å²) in [6.45, 7) is 0.454. The topological polar surface area (TPSA) is 75.7 Å². The molecule has 4 aliphatic rings. The highest BCUT2D eigenvalue weighted by atomic mass is 32.2. The lowest BCUT2D eigenvalue weighted by molar-refractivity contribution is -0.269. The number of nitrogens with one attached hydrogen (secondary N) is 1. The van der Waals surface area contributed by atoms with Gasteiger partial charge in [0.05, 0.1) is 17.6 Å². The Morgan fingerprint density at radius 3 is 2.50 bits per heavy atom. The fourth-order valence-corrected chi connectivity index (χ4v) is 6.53. The number of alkyl halides is 2. The van der Waals surface area contributed by atoms with Crippen LogP contribution in [0.3, 0.4) is 0 Å². The average molecular weight is 473 g/mol. The van der Waals surface area contributed by atoms with Crippen molar-refractivity contribution in [1.82, 2.24) is 9.03 Å². The Labute approximate surface area is 185 Å². The molecule has 2 unspecified atom stereocenters. The summed E-state index contributed by atoms with van der Waals surface area (Å²) in [6, 6.07) is 2.36. The number of nitrogens with zero attached hydrogens (tertiary/aromatic N) is 1. The van der Waals surface area contributed by atoms with Crippen LogP contribution in [-0.2, 0) is 10.2 Å². The molecule has 0 aromatic heterocycles. The highest BCUT2D eigenvalue weighted by Gasteiger charge is 2.68. The predicted molar refractivity (Wildman–Crippen MR) is 110 cm³/mol. The molecule has 32 heavy (non-hydrogen) atoms. The van der Waals surface area contributed by atoms with Crippen LogP contribution in [0.1, 0.15) is 73.2 Å². The molecule has 1 amide bonds. The van der Waals surface area contributed by atoms with Crippen molar-refractivity contribution in [2.45, 2.75) is 63.2 Å². The van der Waals surface area contributed by atoms with Crippen LogP contribution in [0.15, 0.2) is 12.1 Å². The molecule has 1 heterocycles. The first kappa shape index (κ1) is 22.0. The molecule has 176 valence electrons. The maximum Gasteiger partial charge on any atom is 0.304 e. The number of amides is 1. The number of rotatable bonds is 7. The molecule has 1 aromatic rings. The summed E-state index contributed by atoms with van der Waals surface area (Å²) in [5.41, 5.74) is -1.01. The van der Waals surface area contributed by atoms with Gasteiger partial charge in [-0.3, -0.25) is 4.79 Å². The number of carbonyl (C=O) groups is 1. The third kappa shape index (κ3) is 3.59. The quantitative estimate of drug-likeness (QED) is 0.652. The van der Waals surface area contributed by atoms with E-state index in [-0.39, 0.29) is 36.2 Å². The number of halogens is 3. The highest BCUT2D eigenvalue weighted by Crippen LogP contribution is 2.64. The highest BCUT2D eigenvalue weighted by molar-refractivity contribution is 7.87. The summed E-state index contributed by atoms with van der Waals surface area (Å²) in [5, 5.41) is 0. The van der Waals surface area contributed by atoms with Crippen LogP contribution in [0.4, 0.5) is 13.2 Å². The average Bonchev–Trinajstić information content (AvgIpc) is 3.49. The van der Waals surface area contributed by atoms with Crippen molar-refractivity contribution in [2.24, 2.45) is 11.3 Å². The molecule has 3 aliphatic carbocycles. The number of carbonyl (C=O) groups excluding carboxylic acids is 1. The first-order chi connectivity index (χ1) is 15.1. The molecule has 0 spiro atoms. The van der Waals surface area contributed by atoms with Crippen molar-refractivity contribution >= 4 is 16.1 Å². The van der Waals surface area contributed by atoms with Crippen LogP contribution in [0.2, 0.25) is 0 Å². The minimum Gasteiger partial charge on any atom is -0.492 e. The second kappa shape index (κ2) is 7.62. The third-order valence-electron chi connectivity index (χ3n) is 7.66. The van der Waals surface area contributed by atoms with Crippen LogP contribution in [0.5, 0.6) is 5.75 Å². The van der Waals surface area contributed by atoms with E-state index in [1.807, 2.05) is 4.72 Å². The van der Waals surface area contributed by atoms with E-state index < -0.39 is 33.3 Å². The Bertz CT molecular complexity index is 1040. The molecule has 1 aliphatic heterocycles. The zero-order chi connectivity index (χ0) is 22.7. The molecule has 0 bridgehead atoms. The van der Waals surface area contributed by atoms with Gasteiger partial charge >= 0.3 is 10.2 Å². The summed E-state index contributed by atoms with van der Waals surface area (Å²) in [6.07, 6.45) is 5.04. The van der Waals surface area contributed by atoms with E-state index in [1.54, 1.807) is 0 Å². The first-order valence-corrected chi connectivity index (χ1v) is 12.7. The summed E-state index contributed by atoms with van der Waals surface area (Å²) in [7, 11) is -4.01. The van der Waals surface area contributed by atoms with Crippen molar-refractivity contribution in [3.05, 3.63) is 29.1 Å². The summed E-state index contributed by atoms with van der Waals surface area (Å²) in [4.78, 5) is 12.5. The maximum atomic E-state index is 14.8. The molecule has 10 heteroatoms. The van der Waals surface area contributed by atoms with E-state index in [9.17, 15) is 26.4 Å². The first-order valence-electron chi connectivity index (χ1n) is 11.3. The lowest BCUT2D eigenvalue weighted by Crippen LogP contribution is -2.62. The van der Waals surface area contributed by atoms with Gasteiger partial charge in [-0.1, -0.05) is 12.8 Å². The van der Waals surface area contributed by atoms with Gasteiger partial charge in [0.15, 0.2) is 0 Å². The molecular weight excluding hydrogens is 445 g/mol. The number of ether oxygens (including phenoxy) is 1. The van der Waals surface area contributed by atoms with Gasteiger partial charge in [-0.15, -0.1) is 0 Å². The summed E-state index contributed by atoms with van der Waals surface area (Å²) < 4.78 is 77.2. The van der Waals surface area contributed by atoms with E-state index in [0.717, 1.165) is 42.5 Å². The molecular formula is C22H27F3N2O4S. The normalized spacial score (nSPS) is 29.4. The SMILES string of the molecule is O=C(NS(=O)(=O)N1CCC1)c1cc(C2CC2)c(OCC23CCCCC2CC3(F)F)cc1F. The van der Waals surface area contributed by atoms with Crippen molar-refractivity contribution in [3.8, 4) is 5.75 Å². The lowest BCUT2D eigenvalue weighted by atomic mass is 9.51. The molecule has 6 nitrogen and oxygen atoms in total. The lowest BCUT2D eigenvalue weighted by Gasteiger charge is -2.57. The minimum absolute atomic E-state index is 0.0469. The number of hydrogen-bond acceptors (Lipinski definition) is 4. The van der Waals surface area contributed by atoms with E-state index in [0.29, 0.717) is 31.5 Å². The number of benzene rings is 1. The molecule has 5 rings (SSSR count). The van der Waals surface area contributed by atoms with Crippen LogP contribution >= 0.6 is 0 Å². The van der Waals surface area contributed by atoms with Crippen LogP contribution in [0, 0.1) is 17.2 Å². The second-order valence-electron chi connectivity index (χ2n) is 9.63. The van der Waals surface area contributed by atoms with Gasteiger partial charge < -0.3 is 4.74 Å². The largest absolute Gasteiger partial charge is 0.492 e. The van der Waals surface area contributed by atoms with Gasteiger partial charge in [0.2, 0.25) is 0 Å². The number of hydrogen-bond donors (Lipinski definition) is 1. The number of fused-ring (bicyclic) bond motifs is 1. The fraction of sp³-hybridized carbons (Fsp3) is 0.682. The predicted octanol–water partition coefficient (Wildman–Crippen LogP) is 3.98. The monoisotopic (exact) mass is 472 g/mol. The van der Waals surface area contributed by atoms with E-state index in [1.165, 1.54) is 6.07 Å². The van der Waals surface area contributed by atoms with Crippen molar-refractivity contribution in [2.75, 3.05) is 19.7 Å². The Kier molecular flexibility index (Phi) is 5.24. The van der Waals surface area contributed by atoms with Gasteiger partial charge in [0, 0.05) is 25.6 Å². The van der Waals surface area contributed by atoms with E-state index in [4.69, 9.17) is 4.74 Å². The molecule has 3 saturated carbocycles. The zero-order valence-electron chi connectivity index (χ0n) is 17.7. The van der Waals surface area contributed by atoms with Crippen molar-refractivity contribution in [3.63, 3.8) is 0 Å². The van der Waals surface area contributed by atoms with Crippen LogP contribution < -0.4 is 9.46 Å². The molecule has 1 N–H and O–H groups in total. The molecule has 1 aromatic carbocycles. The van der Waals surface area contributed by atoms with Gasteiger partial charge in [-0.25, -0.2) is 17.9 Å². The molecule has 2 atom stereocenters. The summed E-state index contributed by atoms with van der Waals surface area (Å²) >= 11 is 0. The van der Waals surface area contributed by atoms with E-state index >= 15 is 0 Å². The zero-order valence-corrected chi connectivity index (χ0v) is 18.5. The van der Waals surface area contributed by atoms with Gasteiger partial charge in [0.1, 0.15) is 11.6 Å². The van der Waals surface area contributed by atoms with Gasteiger partial charge in [0.25, 0.3) is 11.8 Å². The Morgan fingerprint density at radius 1 is 1.16 bits per heavy atom. The van der Waals surface area contributed by atoms with Gasteiger partial charge in [-0.05, 0) is 55.6 Å². The fourth-order valence-electron chi connectivity index (χ4n) is 5.32. The Morgan fingerprint density at radius 2 is 1.91 bits per heavy atom. The smallest absolute Gasteiger partial charge is 0.304 e. The van der Waals surface area contributed by atoms with Crippen LogP contribution in [0.25, 0.3) is 0 Å². The molecule has 0 radical (unpaired) electrons.